The van der Waals surface area contributed by atoms with E-state index in [1.54, 1.807) is 6.07 Å². The first-order chi connectivity index (χ1) is 14.2. The average Bonchev–Trinajstić information content (AvgIpc) is 2.72. The van der Waals surface area contributed by atoms with Crippen molar-refractivity contribution in [2.75, 3.05) is 35.1 Å². The molecule has 6 nitrogen and oxygen atoms in total. The minimum atomic E-state index is -3.73. The lowest BCUT2D eigenvalue weighted by atomic mass is 10.1. The summed E-state index contributed by atoms with van der Waals surface area (Å²) >= 11 is 12.1. The number of carbonyl (C=O) groups is 1. The molecule has 0 saturated carbocycles. The SMILES string of the molecule is CS(=O)(=O)N(CC(=O)NCc1ccc(N2CCCCC2)cc1)c1cc(Cl)ccc1Cl. The number of benzene rings is 2. The van der Waals surface area contributed by atoms with Gasteiger partial charge in [0.25, 0.3) is 0 Å². The Labute approximate surface area is 187 Å². The van der Waals surface area contributed by atoms with Crippen molar-refractivity contribution < 1.29 is 13.2 Å². The van der Waals surface area contributed by atoms with Crippen molar-refractivity contribution in [1.82, 2.24) is 5.32 Å². The number of halogens is 2. The molecule has 0 atom stereocenters. The Morgan fingerprint density at radius 3 is 2.37 bits per heavy atom. The lowest BCUT2D eigenvalue weighted by molar-refractivity contribution is -0.119. The summed E-state index contributed by atoms with van der Waals surface area (Å²) in [7, 11) is -3.73. The largest absolute Gasteiger partial charge is 0.372 e. The van der Waals surface area contributed by atoms with Crippen molar-refractivity contribution >= 4 is 50.5 Å². The van der Waals surface area contributed by atoms with E-state index in [2.05, 4.69) is 22.3 Å². The number of sulfonamides is 1. The summed E-state index contributed by atoms with van der Waals surface area (Å²) in [5.74, 6) is -0.434. The Morgan fingerprint density at radius 1 is 1.07 bits per heavy atom. The van der Waals surface area contributed by atoms with Crippen molar-refractivity contribution in [3.05, 3.63) is 58.1 Å². The van der Waals surface area contributed by atoms with E-state index in [4.69, 9.17) is 23.2 Å². The highest BCUT2D eigenvalue weighted by molar-refractivity contribution is 7.92. The molecule has 1 aliphatic rings. The third-order valence-corrected chi connectivity index (χ3v) is 6.69. The van der Waals surface area contributed by atoms with E-state index in [0.29, 0.717) is 11.6 Å². The standard InChI is InChI=1S/C21H25Cl2N3O3S/c1-30(28,29)26(20-13-17(22)7-10-19(20)23)15-21(27)24-14-16-5-8-18(9-6-16)25-11-3-2-4-12-25/h5-10,13H,2-4,11-12,14-15H2,1H3,(H,24,27). The molecule has 2 aromatic rings. The maximum Gasteiger partial charge on any atom is 0.241 e. The molecule has 1 amide bonds. The summed E-state index contributed by atoms with van der Waals surface area (Å²) in [6.45, 7) is 2.07. The zero-order valence-electron chi connectivity index (χ0n) is 16.8. The second-order valence-electron chi connectivity index (χ2n) is 7.36. The summed E-state index contributed by atoms with van der Waals surface area (Å²) < 4.78 is 25.4. The van der Waals surface area contributed by atoms with Gasteiger partial charge in [-0.3, -0.25) is 9.10 Å². The quantitative estimate of drug-likeness (QED) is 0.663. The van der Waals surface area contributed by atoms with Gasteiger partial charge in [0, 0.05) is 30.3 Å². The van der Waals surface area contributed by atoms with Gasteiger partial charge in [0.1, 0.15) is 6.54 Å². The van der Waals surface area contributed by atoms with Crippen LogP contribution in [0.1, 0.15) is 24.8 Å². The molecule has 0 spiro atoms. The zero-order valence-corrected chi connectivity index (χ0v) is 19.1. The average molecular weight is 470 g/mol. The zero-order chi connectivity index (χ0) is 21.7. The highest BCUT2D eigenvalue weighted by atomic mass is 35.5. The number of rotatable bonds is 7. The van der Waals surface area contributed by atoms with Gasteiger partial charge < -0.3 is 10.2 Å². The monoisotopic (exact) mass is 469 g/mol. The van der Waals surface area contributed by atoms with Crippen LogP contribution in [0.3, 0.4) is 0 Å². The summed E-state index contributed by atoms with van der Waals surface area (Å²) in [6, 6.07) is 12.6. The number of hydrogen-bond donors (Lipinski definition) is 1. The van der Waals surface area contributed by atoms with E-state index in [0.717, 1.165) is 29.2 Å². The first-order valence-electron chi connectivity index (χ1n) is 9.77. The van der Waals surface area contributed by atoms with Gasteiger partial charge in [0.15, 0.2) is 0 Å². The first-order valence-corrected chi connectivity index (χ1v) is 12.4. The molecule has 162 valence electrons. The fourth-order valence-corrected chi connectivity index (χ4v) is 4.72. The number of piperidine rings is 1. The Morgan fingerprint density at radius 2 is 1.73 bits per heavy atom. The highest BCUT2D eigenvalue weighted by Gasteiger charge is 2.23. The van der Waals surface area contributed by atoms with Crippen molar-refractivity contribution in [1.29, 1.82) is 0 Å². The Balaban J connectivity index is 1.62. The Hall–Kier alpha value is -1.96. The Bertz CT molecular complexity index is 991. The molecule has 0 unspecified atom stereocenters. The van der Waals surface area contributed by atoms with Gasteiger partial charge in [-0.05, 0) is 55.2 Å². The van der Waals surface area contributed by atoms with Gasteiger partial charge in [0.2, 0.25) is 15.9 Å². The molecule has 1 fully saturated rings. The maximum atomic E-state index is 12.5. The molecule has 1 aliphatic heterocycles. The van der Waals surface area contributed by atoms with Crippen LogP contribution in [0.2, 0.25) is 10.0 Å². The summed E-state index contributed by atoms with van der Waals surface area (Å²) in [5.41, 5.74) is 2.30. The second kappa shape index (κ2) is 9.90. The third kappa shape index (κ3) is 6.03. The number of carbonyl (C=O) groups excluding carboxylic acids is 1. The molecule has 1 saturated heterocycles. The van der Waals surface area contributed by atoms with Gasteiger partial charge >= 0.3 is 0 Å². The molecular formula is C21H25Cl2N3O3S. The predicted octanol–water partition coefficient (Wildman–Crippen LogP) is 4.07. The highest BCUT2D eigenvalue weighted by Crippen LogP contribution is 2.30. The molecule has 30 heavy (non-hydrogen) atoms. The number of anilines is 2. The maximum absolute atomic E-state index is 12.5. The van der Waals surface area contributed by atoms with Crippen LogP contribution in [-0.4, -0.2) is 40.2 Å². The molecule has 3 rings (SSSR count). The van der Waals surface area contributed by atoms with E-state index >= 15 is 0 Å². The molecule has 0 aromatic heterocycles. The summed E-state index contributed by atoms with van der Waals surface area (Å²) in [4.78, 5) is 14.8. The van der Waals surface area contributed by atoms with E-state index in [-0.39, 0.29) is 17.3 Å². The van der Waals surface area contributed by atoms with Crippen molar-refractivity contribution in [3.8, 4) is 0 Å². The molecule has 2 aromatic carbocycles. The summed E-state index contributed by atoms with van der Waals surface area (Å²) in [5, 5.41) is 3.30. The smallest absolute Gasteiger partial charge is 0.241 e. The Kier molecular flexibility index (Phi) is 7.50. The topological polar surface area (TPSA) is 69.7 Å². The van der Waals surface area contributed by atoms with Crippen LogP contribution >= 0.6 is 23.2 Å². The van der Waals surface area contributed by atoms with E-state index in [1.165, 1.54) is 37.1 Å². The van der Waals surface area contributed by atoms with Crippen molar-refractivity contribution in [2.24, 2.45) is 0 Å². The normalized spacial score (nSPS) is 14.4. The van der Waals surface area contributed by atoms with Gasteiger partial charge in [0.05, 0.1) is 17.0 Å². The van der Waals surface area contributed by atoms with Gasteiger partial charge in [-0.25, -0.2) is 8.42 Å². The van der Waals surface area contributed by atoms with Gasteiger partial charge in [-0.15, -0.1) is 0 Å². The molecule has 0 radical (unpaired) electrons. The fraction of sp³-hybridized carbons (Fsp3) is 0.381. The van der Waals surface area contributed by atoms with E-state index in [9.17, 15) is 13.2 Å². The van der Waals surface area contributed by atoms with Gasteiger partial charge in [-0.1, -0.05) is 35.3 Å². The minimum Gasteiger partial charge on any atom is -0.372 e. The molecule has 0 aliphatic carbocycles. The van der Waals surface area contributed by atoms with Crippen LogP contribution in [0, 0.1) is 0 Å². The number of amides is 1. The minimum absolute atomic E-state index is 0.174. The van der Waals surface area contributed by atoms with Crippen molar-refractivity contribution in [2.45, 2.75) is 25.8 Å². The van der Waals surface area contributed by atoms with E-state index in [1.807, 2.05) is 12.1 Å². The lowest BCUT2D eigenvalue weighted by Crippen LogP contribution is -2.40. The van der Waals surface area contributed by atoms with E-state index < -0.39 is 15.9 Å². The van der Waals surface area contributed by atoms with Crippen LogP contribution in [0.5, 0.6) is 0 Å². The molecule has 1 N–H and O–H groups in total. The predicted molar refractivity (Wildman–Crippen MR) is 123 cm³/mol. The number of nitrogens with zero attached hydrogens (tertiary/aromatic N) is 2. The molecule has 1 heterocycles. The lowest BCUT2D eigenvalue weighted by Gasteiger charge is -2.28. The van der Waals surface area contributed by atoms with Crippen LogP contribution in [0.25, 0.3) is 0 Å². The number of hydrogen-bond acceptors (Lipinski definition) is 4. The molecule has 9 heteroatoms. The summed E-state index contributed by atoms with van der Waals surface area (Å²) in [6.07, 6.45) is 4.74. The van der Waals surface area contributed by atoms with Crippen LogP contribution < -0.4 is 14.5 Å². The second-order valence-corrected chi connectivity index (χ2v) is 10.1. The first kappa shape index (κ1) is 22.7. The molecular weight excluding hydrogens is 445 g/mol. The van der Waals surface area contributed by atoms with Crippen LogP contribution in [-0.2, 0) is 21.4 Å². The fourth-order valence-electron chi connectivity index (χ4n) is 3.42. The van der Waals surface area contributed by atoms with Gasteiger partial charge in [-0.2, -0.15) is 0 Å². The van der Waals surface area contributed by atoms with Crippen LogP contribution in [0.15, 0.2) is 42.5 Å². The molecule has 0 bridgehead atoms. The third-order valence-electron chi connectivity index (χ3n) is 5.01. The van der Waals surface area contributed by atoms with Crippen LogP contribution in [0.4, 0.5) is 11.4 Å². The van der Waals surface area contributed by atoms with Crippen molar-refractivity contribution in [3.63, 3.8) is 0 Å². The number of nitrogens with one attached hydrogen (secondary N) is 1.